The molecule has 2 atom stereocenters. The van der Waals surface area contributed by atoms with Crippen LogP contribution in [0.15, 0.2) is 0 Å². The maximum absolute atomic E-state index is 11.4. The fourth-order valence-electron chi connectivity index (χ4n) is 1.58. The lowest BCUT2D eigenvalue weighted by Crippen LogP contribution is -2.27. The van der Waals surface area contributed by atoms with Crippen molar-refractivity contribution in [3.8, 4) is 0 Å². The molecule has 2 unspecified atom stereocenters. The molecule has 0 aromatic carbocycles. The third-order valence-electron chi connectivity index (χ3n) is 2.75. The lowest BCUT2D eigenvalue weighted by atomic mass is 10.1. The predicted octanol–water partition coefficient (Wildman–Crippen LogP) is 0.621. The van der Waals surface area contributed by atoms with Crippen molar-refractivity contribution in [1.29, 1.82) is 0 Å². The van der Waals surface area contributed by atoms with E-state index in [1.165, 1.54) is 12.8 Å². The summed E-state index contributed by atoms with van der Waals surface area (Å²) in [5.74, 6) is -0.309. The second-order valence-corrected chi connectivity index (χ2v) is 4.87. The molecule has 0 heterocycles. The molecule has 3 N–H and O–H groups in total. The van der Waals surface area contributed by atoms with Crippen LogP contribution >= 0.6 is 0 Å². The Labute approximate surface area is 120 Å². The van der Waals surface area contributed by atoms with Gasteiger partial charge in [-0.05, 0) is 6.42 Å². The van der Waals surface area contributed by atoms with Crippen molar-refractivity contribution in [2.24, 2.45) is 0 Å². The van der Waals surface area contributed by atoms with Crippen LogP contribution in [0.4, 0.5) is 0 Å². The van der Waals surface area contributed by atoms with Gasteiger partial charge in [-0.25, -0.2) is 0 Å². The number of hydrogen-bond donors (Lipinski definition) is 3. The molecular weight excluding hydrogens is 264 g/mol. The van der Waals surface area contributed by atoms with E-state index in [1.54, 1.807) is 0 Å². The molecule has 0 radical (unpaired) electrons. The van der Waals surface area contributed by atoms with Crippen molar-refractivity contribution in [2.75, 3.05) is 26.4 Å². The molecule has 0 amide bonds. The summed E-state index contributed by atoms with van der Waals surface area (Å²) >= 11 is 0. The fourth-order valence-corrected chi connectivity index (χ4v) is 1.58. The SMILES string of the molecule is CCCCCCCC(=O)OCC(O)COCC(O)CO. The predicted molar refractivity (Wildman–Crippen MR) is 74.3 cm³/mol. The normalized spacial score (nSPS) is 14.0. The number of aliphatic hydroxyl groups excluding tert-OH is 3. The van der Waals surface area contributed by atoms with Gasteiger partial charge in [0.1, 0.15) is 18.8 Å². The first kappa shape index (κ1) is 19.3. The van der Waals surface area contributed by atoms with Crippen molar-refractivity contribution >= 4 is 5.97 Å². The van der Waals surface area contributed by atoms with Gasteiger partial charge in [-0.15, -0.1) is 0 Å². The van der Waals surface area contributed by atoms with E-state index in [-0.39, 0.29) is 32.4 Å². The minimum atomic E-state index is -0.951. The molecule has 0 aliphatic rings. The molecule has 120 valence electrons. The maximum Gasteiger partial charge on any atom is 0.305 e. The molecule has 6 heteroatoms. The van der Waals surface area contributed by atoms with Gasteiger partial charge in [0.05, 0.1) is 19.8 Å². The van der Waals surface area contributed by atoms with Crippen LogP contribution in [-0.4, -0.2) is 59.9 Å². The van der Waals surface area contributed by atoms with E-state index >= 15 is 0 Å². The second kappa shape index (κ2) is 13.3. The Bertz CT molecular complexity index is 234. The van der Waals surface area contributed by atoms with Crippen LogP contribution in [0.1, 0.15) is 45.4 Å². The number of aliphatic hydroxyl groups is 3. The van der Waals surface area contributed by atoms with Crippen LogP contribution in [0.2, 0.25) is 0 Å². The Kier molecular flexibility index (Phi) is 12.8. The van der Waals surface area contributed by atoms with Crippen molar-refractivity contribution in [1.82, 2.24) is 0 Å². The molecule has 0 rings (SSSR count). The van der Waals surface area contributed by atoms with Gasteiger partial charge >= 0.3 is 5.97 Å². The van der Waals surface area contributed by atoms with Crippen LogP contribution in [0.25, 0.3) is 0 Å². The van der Waals surface area contributed by atoms with Gasteiger partial charge in [-0.1, -0.05) is 32.6 Å². The average Bonchev–Trinajstić information content (AvgIpc) is 2.44. The summed E-state index contributed by atoms with van der Waals surface area (Å²) in [5.41, 5.74) is 0. The third kappa shape index (κ3) is 12.3. The van der Waals surface area contributed by atoms with E-state index in [2.05, 4.69) is 6.92 Å². The molecule has 0 saturated heterocycles. The number of hydrogen-bond acceptors (Lipinski definition) is 6. The number of carbonyl (C=O) groups is 1. The summed E-state index contributed by atoms with van der Waals surface area (Å²) in [6.07, 6.45) is 3.83. The number of unbranched alkanes of at least 4 members (excludes halogenated alkanes) is 4. The van der Waals surface area contributed by atoms with E-state index in [0.717, 1.165) is 19.3 Å². The van der Waals surface area contributed by atoms with Crippen molar-refractivity contribution < 1.29 is 29.6 Å². The van der Waals surface area contributed by atoms with Crippen LogP contribution in [0.3, 0.4) is 0 Å². The largest absolute Gasteiger partial charge is 0.463 e. The number of ether oxygens (including phenoxy) is 2. The molecule has 0 aliphatic heterocycles. The van der Waals surface area contributed by atoms with Crippen molar-refractivity contribution in [3.63, 3.8) is 0 Å². The standard InChI is InChI=1S/C14H28O6/c1-2-3-4-5-6-7-14(18)20-11-13(17)10-19-9-12(16)8-15/h12-13,15-17H,2-11H2,1H3. The summed E-state index contributed by atoms with van der Waals surface area (Å²) in [5, 5.41) is 27.0. The molecule has 0 fully saturated rings. The monoisotopic (exact) mass is 292 g/mol. The molecular formula is C14H28O6. The van der Waals surface area contributed by atoms with Gasteiger partial charge in [0, 0.05) is 6.42 Å². The maximum atomic E-state index is 11.4. The first-order valence-electron chi connectivity index (χ1n) is 7.30. The highest BCUT2D eigenvalue weighted by Gasteiger charge is 2.10. The highest BCUT2D eigenvalue weighted by Crippen LogP contribution is 2.05. The summed E-state index contributed by atoms with van der Waals surface area (Å²) in [7, 11) is 0. The van der Waals surface area contributed by atoms with Crippen LogP contribution in [-0.2, 0) is 14.3 Å². The van der Waals surface area contributed by atoms with Gasteiger partial charge in [0.15, 0.2) is 0 Å². The zero-order chi connectivity index (χ0) is 15.2. The molecule has 6 nitrogen and oxygen atoms in total. The number of esters is 1. The Morgan fingerprint density at radius 2 is 1.65 bits per heavy atom. The Morgan fingerprint density at radius 3 is 2.30 bits per heavy atom. The van der Waals surface area contributed by atoms with E-state index in [4.69, 9.17) is 19.7 Å². The van der Waals surface area contributed by atoms with E-state index in [9.17, 15) is 9.90 Å². The second-order valence-electron chi connectivity index (χ2n) is 4.87. The van der Waals surface area contributed by atoms with Crippen molar-refractivity contribution in [3.05, 3.63) is 0 Å². The van der Waals surface area contributed by atoms with Crippen LogP contribution in [0.5, 0.6) is 0 Å². The van der Waals surface area contributed by atoms with E-state index in [0.29, 0.717) is 6.42 Å². The van der Waals surface area contributed by atoms with Gasteiger partial charge < -0.3 is 24.8 Å². The van der Waals surface area contributed by atoms with Gasteiger partial charge in [-0.2, -0.15) is 0 Å². The molecule has 0 saturated carbocycles. The molecule has 0 aliphatic carbocycles. The summed E-state index contributed by atoms with van der Waals surface area (Å²) in [6.45, 7) is 1.54. The van der Waals surface area contributed by atoms with Gasteiger partial charge in [0.25, 0.3) is 0 Å². The minimum Gasteiger partial charge on any atom is -0.463 e. The first-order chi connectivity index (χ1) is 9.60. The highest BCUT2D eigenvalue weighted by atomic mass is 16.5. The first-order valence-corrected chi connectivity index (χ1v) is 7.30. The summed E-state index contributed by atoms with van der Waals surface area (Å²) < 4.78 is 9.87. The zero-order valence-corrected chi connectivity index (χ0v) is 12.3. The number of rotatable bonds is 13. The fraction of sp³-hybridized carbons (Fsp3) is 0.929. The molecule has 0 aromatic rings. The summed E-state index contributed by atoms with van der Waals surface area (Å²) in [4.78, 5) is 11.4. The quantitative estimate of drug-likeness (QED) is 0.340. The minimum absolute atomic E-state index is 0.0408. The average molecular weight is 292 g/mol. The van der Waals surface area contributed by atoms with E-state index < -0.39 is 12.2 Å². The number of carbonyl (C=O) groups excluding carboxylic acids is 1. The lowest BCUT2D eigenvalue weighted by Gasteiger charge is -2.13. The molecule has 0 aromatic heterocycles. The highest BCUT2D eigenvalue weighted by molar-refractivity contribution is 5.69. The lowest BCUT2D eigenvalue weighted by molar-refractivity contribution is -0.148. The molecule has 0 bridgehead atoms. The topological polar surface area (TPSA) is 96.2 Å². The Hall–Kier alpha value is -0.690. The molecule has 20 heavy (non-hydrogen) atoms. The zero-order valence-electron chi connectivity index (χ0n) is 12.3. The van der Waals surface area contributed by atoms with Gasteiger partial charge in [-0.3, -0.25) is 4.79 Å². The van der Waals surface area contributed by atoms with Gasteiger partial charge in [0.2, 0.25) is 0 Å². The molecule has 0 spiro atoms. The third-order valence-corrected chi connectivity index (χ3v) is 2.75. The smallest absolute Gasteiger partial charge is 0.305 e. The van der Waals surface area contributed by atoms with Crippen LogP contribution < -0.4 is 0 Å². The van der Waals surface area contributed by atoms with E-state index in [1.807, 2.05) is 0 Å². The summed E-state index contributed by atoms with van der Waals surface area (Å²) in [6, 6.07) is 0. The Balaban J connectivity index is 3.43. The van der Waals surface area contributed by atoms with Crippen LogP contribution in [0, 0.1) is 0 Å². The Morgan fingerprint density at radius 1 is 1.00 bits per heavy atom. The van der Waals surface area contributed by atoms with Crippen molar-refractivity contribution in [2.45, 2.75) is 57.7 Å².